The zero-order valence-electron chi connectivity index (χ0n) is 20.0. The molecular formula is C24H30BrN5O4. The van der Waals surface area contributed by atoms with E-state index in [2.05, 4.69) is 29.5 Å². The first-order valence-corrected chi connectivity index (χ1v) is 10.9. The lowest BCUT2D eigenvalue weighted by molar-refractivity contribution is 0.0949. The minimum absolute atomic E-state index is 0. The van der Waals surface area contributed by atoms with Crippen molar-refractivity contribution >= 4 is 40.2 Å². The number of pyridine rings is 1. The zero-order valence-corrected chi connectivity index (χ0v) is 21.7. The first kappa shape index (κ1) is 25.5. The van der Waals surface area contributed by atoms with Gasteiger partial charge in [0.2, 0.25) is 0 Å². The van der Waals surface area contributed by atoms with Crippen molar-refractivity contribution in [1.82, 2.24) is 15.2 Å². The SMILES string of the molecule is Br.CCOc1cc2c(nc1C(=O)NC)C(=N)N(CC(=O)c1cc(NC)c3c(c1)C(C)(C)CO3)C2. The highest BCUT2D eigenvalue weighted by molar-refractivity contribution is 8.93. The van der Waals surface area contributed by atoms with Gasteiger partial charge in [-0.3, -0.25) is 15.0 Å². The van der Waals surface area contributed by atoms with E-state index >= 15 is 0 Å². The van der Waals surface area contributed by atoms with Crippen molar-refractivity contribution in [3.8, 4) is 11.5 Å². The molecule has 2 aromatic rings. The normalized spacial score (nSPS) is 15.1. The van der Waals surface area contributed by atoms with Gasteiger partial charge in [0.1, 0.15) is 17.3 Å². The number of halogens is 1. The number of amides is 1. The monoisotopic (exact) mass is 531 g/mol. The Morgan fingerprint density at radius 3 is 2.65 bits per heavy atom. The molecule has 2 aliphatic rings. The van der Waals surface area contributed by atoms with E-state index in [-0.39, 0.29) is 52.2 Å². The van der Waals surface area contributed by atoms with Gasteiger partial charge in [-0.1, -0.05) is 13.8 Å². The van der Waals surface area contributed by atoms with Crippen molar-refractivity contribution in [1.29, 1.82) is 5.41 Å². The van der Waals surface area contributed by atoms with Gasteiger partial charge in [0, 0.05) is 42.7 Å². The topological polar surface area (TPSA) is 117 Å². The number of anilines is 1. The molecule has 0 atom stereocenters. The number of nitrogens with zero attached hydrogens (tertiary/aromatic N) is 2. The van der Waals surface area contributed by atoms with E-state index in [0.717, 1.165) is 22.6 Å². The number of nitrogens with one attached hydrogen (secondary N) is 3. The summed E-state index contributed by atoms with van der Waals surface area (Å²) >= 11 is 0. The first-order valence-electron chi connectivity index (χ1n) is 10.9. The summed E-state index contributed by atoms with van der Waals surface area (Å²) in [7, 11) is 3.32. The zero-order chi connectivity index (χ0) is 23.9. The summed E-state index contributed by atoms with van der Waals surface area (Å²) in [6.45, 7) is 7.32. The van der Waals surface area contributed by atoms with Crippen molar-refractivity contribution in [3.05, 3.63) is 46.3 Å². The largest absolute Gasteiger partial charge is 0.491 e. The van der Waals surface area contributed by atoms with Crippen LogP contribution in [0.2, 0.25) is 0 Å². The summed E-state index contributed by atoms with van der Waals surface area (Å²) in [6.07, 6.45) is 0. The molecule has 0 radical (unpaired) electrons. The van der Waals surface area contributed by atoms with Gasteiger partial charge in [-0.15, -0.1) is 17.0 Å². The van der Waals surface area contributed by atoms with Crippen LogP contribution in [0.4, 0.5) is 5.69 Å². The number of carbonyl (C=O) groups is 2. The quantitative estimate of drug-likeness (QED) is 0.469. The second-order valence-corrected chi connectivity index (χ2v) is 8.81. The molecule has 0 unspecified atom stereocenters. The number of benzene rings is 1. The van der Waals surface area contributed by atoms with Gasteiger partial charge >= 0.3 is 0 Å². The number of rotatable bonds is 7. The molecule has 1 amide bonds. The number of amidine groups is 1. The maximum atomic E-state index is 13.3. The highest BCUT2D eigenvalue weighted by Gasteiger charge is 2.35. The second kappa shape index (κ2) is 9.61. The molecule has 3 heterocycles. The van der Waals surface area contributed by atoms with Gasteiger partial charge in [-0.05, 0) is 25.1 Å². The molecule has 4 rings (SSSR count). The van der Waals surface area contributed by atoms with E-state index < -0.39 is 0 Å². The molecule has 2 aliphatic heterocycles. The van der Waals surface area contributed by atoms with Crippen LogP contribution in [0.15, 0.2) is 18.2 Å². The number of hydrogen-bond donors (Lipinski definition) is 3. The lowest BCUT2D eigenvalue weighted by Gasteiger charge is -2.19. The lowest BCUT2D eigenvalue weighted by Crippen LogP contribution is -2.31. The van der Waals surface area contributed by atoms with Crippen molar-refractivity contribution in [3.63, 3.8) is 0 Å². The maximum absolute atomic E-state index is 13.3. The molecule has 182 valence electrons. The highest BCUT2D eigenvalue weighted by atomic mass is 79.9. The molecule has 1 aromatic carbocycles. The minimum atomic E-state index is -0.383. The third kappa shape index (κ3) is 4.34. The molecule has 1 aromatic heterocycles. The van der Waals surface area contributed by atoms with Crippen molar-refractivity contribution in [2.45, 2.75) is 32.7 Å². The number of hydrogen-bond acceptors (Lipinski definition) is 7. The predicted octanol–water partition coefficient (Wildman–Crippen LogP) is 3.15. The Morgan fingerprint density at radius 1 is 1.26 bits per heavy atom. The summed E-state index contributed by atoms with van der Waals surface area (Å²) in [6, 6.07) is 5.43. The highest BCUT2D eigenvalue weighted by Crippen LogP contribution is 2.44. The molecule has 0 spiro atoms. The molecule has 0 aliphatic carbocycles. The van der Waals surface area contributed by atoms with Crippen LogP contribution in [-0.2, 0) is 12.0 Å². The number of aromatic nitrogens is 1. The molecule has 0 saturated heterocycles. The van der Waals surface area contributed by atoms with Gasteiger partial charge < -0.3 is 25.0 Å². The molecule has 0 saturated carbocycles. The van der Waals surface area contributed by atoms with Crippen LogP contribution >= 0.6 is 17.0 Å². The Hall–Kier alpha value is -3.14. The minimum Gasteiger partial charge on any atom is -0.491 e. The Labute approximate surface area is 209 Å². The fraction of sp³-hybridized carbons (Fsp3) is 0.417. The van der Waals surface area contributed by atoms with E-state index in [9.17, 15) is 9.59 Å². The predicted molar refractivity (Wildman–Crippen MR) is 135 cm³/mol. The molecule has 9 nitrogen and oxygen atoms in total. The Morgan fingerprint density at radius 2 is 2.00 bits per heavy atom. The molecule has 0 fully saturated rings. The maximum Gasteiger partial charge on any atom is 0.273 e. The third-order valence-electron chi connectivity index (χ3n) is 6.03. The van der Waals surface area contributed by atoms with E-state index in [1.54, 1.807) is 24.1 Å². The Bertz CT molecular complexity index is 1160. The molecule has 3 N–H and O–H groups in total. The van der Waals surface area contributed by atoms with Gasteiger partial charge in [0.15, 0.2) is 17.2 Å². The third-order valence-corrected chi connectivity index (χ3v) is 6.03. The number of ketones is 1. The molecule has 10 heteroatoms. The Kier molecular flexibility index (Phi) is 7.21. The molecular weight excluding hydrogens is 502 g/mol. The standard InChI is InChI=1S/C24H29N5O4.BrH/c1-6-32-18-9-14-10-29(22(25)19(14)28-20(18)23(31)27-5)11-17(30)13-7-15-21(16(8-13)26-4)33-12-24(15,2)3;/h7-9,25-26H,6,10-12H2,1-5H3,(H,27,31);1H. The van der Waals surface area contributed by atoms with Crippen molar-refractivity contribution in [2.75, 3.05) is 39.2 Å². The van der Waals surface area contributed by atoms with E-state index in [4.69, 9.17) is 14.9 Å². The van der Waals surface area contributed by atoms with Gasteiger partial charge in [0.25, 0.3) is 5.91 Å². The number of fused-ring (bicyclic) bond motifs is 2. The van der Waals surface area contributed by atoms with Gasteiger partial charge in [0.05, 0.1) is 25.4 Å². The van der Waals surface area contributed by atoms with Crippen LogP contribution in [0.25, 0.3) is 0 Å². The van der Waals surface area contributed by atoms with Crippen LogP contribution < -0.4 is 20.1 Å². The van der Waals surface area contributed by atoms with Crippen molar-refractivity contribution < 1.29 is 19.1 Å². The van der Waals surface area contributed by atoms with Crippen LogP contribution in [-0.4, -0.2) is 61.3 Å². The average molecular weight is 532 g/mol. The smallest absolute Gasteiger partial charge is 0.273 e. The first-order chi connectivity index (χ1) is 15.7. The van der Waals surface area contributed by atoms with E-state index in [1.165, 1.54) is 7.05 Å². The summed E-state index contributed by atoms with van der Waals surface area (Å²) < 4.78 is 11.5. The number of Topliss-reactive ketones (excluding diaryl/α,β-unsaturated/α-hetero) is 1. The fourth-order valence-corrected chi connectivity index (χ4v) is 4.20. The molecule has 34 heavy (non-hydrogen) atoms. The summed E-state index contributed by atoms with van der Waals surface area (Å²) in [5.41, 5.74) is 3.43. The lowest BCUT2D eigenvalue weighted by atomic mass is 9.85. The van der Waals surface area contributed by atoms with Crippen LogP contribution in [0.1, 0.15) is 58.4 Å². The Balaban J connectivity index is 0.00000324. The van der Waals surface area contributed by atoms with Crippen molar-refractivity contribution in [2.24, 2.45) is 0 Å². The summed E-state index contributed by atoms with van der Waals surface area (Å²) in [5.74, 6) is 0.785. The van der Waals surface area contributed by atoms with Crippen LogP contribution in [0.5, 0.6) is 11.5 Å². The van der Waals surface area contributed by atoms with E-state index in [0.29, 0.717) is 36.8 Å². The van der Waals surface area contributed by atoms with Gasteiger partial charge in [-0.25, -0.2) is 4.98 Å². The van der Waals surface area contributed by atoms with Gasteiger partial charge in [-0.2, -0.15) is 0 Å². The number of ether oxygens (including phenoxy) is 2. The van der Waals surface area contributed by atoms with E-state index in [1.807, 2.05) is 13.0 Å². The second-order valence-electron chi connectivity index (χ2n) is 8.81. The average Bonchev–Trinajstić information content (AvgIpc) is 3.27. The van der Waals surface area contributed by atoms with Crippen LogP contribution in [0, 0.1) is 5.41 Å². The summed E-state index contributed by atoms with van der Waals surface area (Å²) in [5, 5.41) is 14.3. The summed E-state index contributed by atoms with van der Waals surface area (Å²) in [4.78, 5) is 31.6. The fourth-order valence-electron chi connectivity index (χ4n) is 4.20. The van der Waals surface area contributed by atoms with Crippen LogP contribution in [0.3, 0.4) is 0 Å². The molecule has 0 bridgehead atoms. The number of carbonyl (C=O) groups excluding carboxylic acids is 2.